The minimum absolute atomic E-state index is 0.0840. The normalized spacial score (nSPS) is 11.9. The van der Waals surface area contributed by atoms with Crippen LogP contribution in [0.5, 0.6) is 0 Å². The van der Waals surface area contributed by atoms with Crippen LogP contribution >= 0.6 is 0 Å². The van der Waals surface area contributed by atoms with Crippen molar-refractivity contribution in [3.63, 3.8) is 0 Å². The van der Waals surface area contributed by atoms with Crippen molar-refractivity contribution in [2.24, 2.45) is 5.73 Å². The number of nitrogens with two attached hydrogens (primary N) is 1. The standard InChI is InChI=1S/C12H24N4O3S/c1-3-4-7-19-8-5-6-14-20(17,18)12-10(2)15-16-11(12)9-13/h14H,3-9,13H2,1-2H3,(H,15,16). The number of rotatable bonds is 10. The van der Waals surface area contributed by atoms with Crippen LogP contribution in [0.15, 0.2) is 4.90 Å². The van der Waals surface area contributed by atoms with Crippen molar-refractivity contribution in [2.75, 3.05) is 19.8 Å². The Hall–Kier alpha value is -0.960. The molecule has 20 heavy (non-hydrogen) atoms. The zero-order valence-electron chi connectivity index (χ0n) is 12.1. The Kier molecular flexibility index (Phi) is 7.14. The van der Waals surface area contributed by atoms with Gasteiger partial charge in [-0.2, -0.15) is 5.10 Å². The number of H-pyrrole nitrogens is 1. The Balaban J connectivity index is 2.44. The largest absolute Gasteiger partial charge is 0.381 e. The molecule has 0 atom stereocenters. The van der Waals surface area contributed by atoms with Gasteiger partial charge in [0.15, 0.2) is 0 Å². The highest BCUT2D eigenvalue weighted by Gasteiger charge is 2.22. The predicted octanol–water partition coefficient (Wildman–Crippen LogP) is 0.662. The second-order valence-corrected chi connectivity index (χ2v) is 6.25. The molecule has 7 nitrogen and oxygen atoms in total. The van der Waals surface area contributed by atoms with Gasteiger partial charge in [-0.1, -0.05) is 13.3 Å². The number of aromatic nitrogens is 2. The summed E-state index contributed by atoms with van der Waals surface area (Å²) in [6.07, 6.45) is 2.76. The zero-order chi connectivity index (χ0) is 15.0. The predicted molar refractivity (Wildman–Crippen MR) is 76.7 cm³/mol. The van der Waals surface area contributed by atoms with Gasteiger partial charge in [0, 0.05) is 26.3 Å². The average molecular weight is 304 g/mol. The molecule has 0 fully saturated rings. The van der Waals surface area contributed by atoms with E-state index in [1.54, 1.807) is 6.92 Å². The number of sulfonamides is 1. The molecular formula is C12H24N4O3S. The summed E-state index contributed by atoms with van der Waals surface area (Å²) in [6, 6.07) is 0. The second kappa shape index (κ2) is 8.35. The van der Waals surface area contributed by atoms with Gasteiger partial charge in [0.2, 0.25) is 10.0 Å². The summed E-state index contributed by atoms with van der Waals surface area (Å²) in [4.78, 5) is 0.159. The number of nitrogens with zero attached hydrogens (tertiary/aromatic N) is 1. The number of nitrogens with one attached hydrogen (secondary N) is 2. The molecule has 4 N–H and O–H groups in total. The van der Waals surface area contributed by atoms with Crippen LogP contribution in [0.4, 0.5) is 0 Å². The van der Waals surface area contributed by atoms with Crippen molar-refractivity contribution in [3.05, 3.63) is 11.4 Å². The lowest BCUT2D eigenvalue weighted by Gasteiger charge is -2.08. The molecule has 0 saturated heterocycles. The van der Waals surface area contributed by atoms with Crippen LogP contribution in [0.25, 0.3) is 0 Å². The highest BCUT2D eigenvalue weighted by molar-refractivity contribution is 7.89. The highest BCUT2D eigenvalue weighted by Crippen LogP contribution is 2.16. The third kappa shape index (κ3) is 4.86. The van der Waals surface area contributed by atoms with Gasteiger partial charge >= 0.3 is 0 Å². The van der Waals surface area contributed by atoms with Crippen LogP contribution in [0.2, 0.25) is 0 Å². The number of aromatic amines is 1. The third-order valence-electron chi connectivity index (χ3n) is 2.82. The van der Waals surface area contributed by atoms with E-state index in [-0.39, 0.29) is 11.4 Å². The first-order chi connectivity index (χ1) is 9.53. The molecule has 0 unspecified atom stereocenters. The maximum Gasteiger partial charge on any atom is 0.244 e. The molecule has 0 aliphatic heterocycles. The van der Waals surface area contributed by atoms with E-state index in [0.29, 0.717) is 31.0 Å². The van der Waals surface area contributed by atoms with E-state index in [9.17, 15) is 8.42 Å². The third-order valence-corrected chi connectivity index (χ3v) is 4.49. The fourth-order valence-corrected chi connectivity index (χ4v) is 3.21. The zero-order valence-corrected chi connectivity index (χ0v) is 12.9. The number of unbranched alkanes of at least 4 members (excludes halogenated alkanes) is 1. The fourth-order valence-electron chi connectivity index (χ4n) is 1.77. The Bertz CT molecular complexity index is 499. The second-order valence-electron chi connectivity index (χ2n) is 4.55. The van der Waals surface area contributed by atoms with Crippen molar-refractivity contribution in [3.8, 4) is 0 Å². The quantitative estimate of drug-likeness (QED) is 0.550. The maximum atomic E-state index is 12.2. The van der Waals surface area contributed by atoms with Gasteiger partial charge in [0.25, 0.3) is 0 Å². The molecule has 1 aromatic heterocycles. The molecule has 116 valence electrons. The first kappa shape index (κ1) is 17.1. The number of hydrogen-bond acceptors (Lipinski definition) is 5. The van der Waals surface area contributed by atoms with E-state index >= 15 is 0 Å². The van der Waals surface area contributed by atoms with Crippen molar-refractivity contribution in [1.29, 1.82) is 0 Å². The Labute approximate surface area is 120 Å². The number of aryl methyl sites for hydroxylation is 1. The highest BCUT2D eigenvalue weighted by atomic mass is 32.2. The molecule has 8 heteroatoms. The van der Waals surface area contributed by atoms with Gasteiger partial charge in [0.05, 0.1) is 11.4 Å². The fraction of sp³-hybridized carbons (Fsp3) is 0.750. The lowest BCUT2D eigenvalue weighted by molar-refractivity contribution is 0.130. The Morgan fingerprint density at radius 1 is 1.35 bits per heavy atom. The number of ether oxygens (including phenoxy) is 1. The molecule has 0 saturated carbocycles. The average Bonchev–Trinajstić information content (AvgIpc) is 2.79. The molecule has 0 aromatic carbocycles. The van der Waals surface area contributed by atoms with Crippen LogP contribution in [-0.4, -0.2) is 38.4 Å². The summed E-state index contributed by atoms with van der Waals surface area (Å²) >= 11 is 0. The van der Waals surface area contributed by atoms with E-state index in [1.165, 1.54) is 0 Å². The van der Waals surface area contributed by atoms with Crippen LogP contribution in [0.3, 0.4) is 0 Å². The molecule has 0 radical (unpaired) electrons. The first-order valence-corrected chi connectivity index (χ1v) is 8.32. The Morgan fingerprint density at radius 3 is 2.70 bits per heavy atom. The van der Waals surface area contributed by atoms with E-state index in [1.807, 2.05) is 0 Å². The minimum Gasteiger partial charge on any atom is -0.381 e. The van der Waals surface area contributed by atoms with E-state index in [2.05, 4.69) is 21.8 Å². The maximum absolute atomic E-state index is 12.2. The topological polar surface area (TPSA) is 110 Å². The lowest BCUT2D eigenvalue weighted by Crippen LogP contribution is -2.27. The molecule has 1 aromatic rings. The van der Waals surface area contributed by atoms with E-state index in [0.717, 1.165) is 19.4 Å². The van der Waals surface area contributed by atoms with Gasteiger partial charge in [-0.15, -0.1) is 0 Å². The van der Waals surface area contributed by atoms with Gasteiger partial charge in [0.1, 0.15) is 4.90 Å². The van der Waals surface area contributed by atoms with Crippen LogP contribution in [0.1, 0.15) is 37.6 Å². The summed E-state index contributed by atoms with van der Waals surface area (Å²) in [5, 5.41) is 6.53. The van der Waals surface area contributed by atoms with Crippen molar-refractivity contribution in [1.82, 2.24) is 14.9 Å². The summed E-state index contributed by atoms with van der Waals surface area (Å²) in [5.74, 6) is 0. The van der Waals surface area contributed by atoms with Gasteiger partial charge in [-0.3, -0.25) is 5.10 Å². The van der Waals surface area contributed by atoms with Gasteiger partial charge in [-0.05, 0) is 19.8 Å². The van der Waals surface area contributed by atoms with Gasteiger partial charge < -0.3 is 10.5 Å². The Morgan fingerprint density at radius 2 is 2.05 bits per heavy atom. The van der Waals surface area contributed by atoms with Crippen molar-refractivity contribution >= 4 is 10.0 Å². The number of hydrogen-bond donors (Lipinski definition) is 3. The molecule has 0 aliphatic rings. The summed E-state index contributed by atoms with van der Waals surface area (Å²) < 4.78 is 32.2. The molecule has 0 spiro atoms. The summed E-state index contributed by atoms with van der Waals surface area (Å²) in [7, 11) is -3.57. The van der Waals surface area contributed by atoms with Crippen LogP contribution < -0.4 is 10.5 Å². The first-order valence-electron chi connectivity index (χ1n) is 6.84. The lowest BCUT2D eigenvalue weighted by atomic mass is 10.4. The molecule has 1 heterocycles. The molecule has 0 amide bonds. The molecule has 0 bridgehead atoms. The smallest absolute Gasteiger partial charge is 0.244 e. The summed E-state index contributed by atoms with van der Waals surface area (Å²) in [5.41, 5.74) is 6.34. The molecular weight excluding hydrogens is 280 g/mol. The van der Waals surface area contributed by atoms with Crippen molar-refractivity contribution < 1.29 is 13.2 Å². The molecule has 0 aliphatic carbocycles. The molecule has 1 rings (SSSR count). The van der Waals surface area contributed by atoms with Crippen LogP contribution in [0, 0.1) is 6.92 Å². The van der Waals surface area contributed by atoms with Crippen LogP contribution in [-0.2, 0) is 21.3 Å². The van der Waals surface area contributed by atoms with E-state index < -0.39 is 10.0 Å². The van der Waals surface area contributed by atoms with Gasteiger partial charge in [-0.25, -0.2) is 13.1 Å². The SMILES string of the molecule is CCCCOCCCNS(=O)(=O)c1c(CN)n[nH]c1C. The van der Waals surface area contributed by atoms with Crippen molar-refractivity contribution in [2.45, 2.75) is 44.6 Å². The monoisotopic (exact) mass is 304 g/mol. The summed E-state index contributed by atoms with van der Waals surface area (Å²) in [6.45, 7) is 5.45. The minimum atomic E-state index is -3.57. The van der Waals surface area contributed by atoms with E-state index in [4.69, 9.17) is 10.5 Å².